The predicted molar refractivity (Wildman–Crippen MR) is 96.4 cm³/mol. The number of nitrogens with zero attached hydrogens (tertiary/aromatic N) is 1. The summed E-state index contributed by atoms with van der Waals surface area (Å²) in [4.78, 5) is 14.1. The Bertz CT molecular complexity index is 610. The lowest BCUT2D eigenvalue weighted by molar-refractivity contribution is -0.130. The van der Waals surface area contributed by atoms with E-state index in [1.807, 2.05) is 30.3 Å². The van der Waals surface area contributed by atoms with E-state index < -0.39 is 9.84 Å². The van der Waals surface area contributed by atoms with E-state index >= 15 is 0 Å². The molecule has 1 aliphatic carbocycles. The zero-order valence-electron chi connectivity index (χ0n) is 14.2. The lowest BCUT2D eigenvalue weighted by Gasteiger charge is -2.22. The van der Waals surface area contributed by atoms with Gasteiger partial charge in [0, 0.05) is 26.1 Å². The Balaban J connectivity index is 1.86. The molecule has 0 aliphatic heterocycles. The molecule has 0 atom stereocenters. The molecule has 134 valence electrons. The molecule has 6 heteroatoms. The lowest BCUT2D eigenvalue weighted by atomic mass is 10.1. The summed E-state index contributed by atoms with van der Waals surface area (Å²) in [5.74, 6) is -0.152. The Labute approximate surface area is 145 Å². The molecule has 0 unspecified atom stereocenters. The van der Waals surface area contributed by atoms with Gasteiger partial charge in [0.1, 0.15) is 0 Å². The maximum atomic E-state index is 12.4. The SMILES string of the molecule is NCCN(CCc1ccccc1)C(=O)CCS(=O)(=O)C1CCCC1. The summed E-state index contributed by atoms with van der Waals surface area (Å²) in [5, 5.41) is -0.238. The molecule has 0 aromatic heterocycles. The topological polar surface area (TPSA) is 80.5 Å². The molecule has 1 aromatic carbocycles. The first kappa shape index (κ1) is 18.9. The van der Waals surface area contributed by atoms with E-state index in [2.05, 4.69) is 0 Å². The fourth-order valence-corrected chi connectivity index (χ4v) is 5.07. The molecule has 1 fully saturated rings. The smallest absolute Gasteiger partial charge is 0.223 e. The number of benzene rings is 1. The number of nitrogens with two attached hydrogens (primary N) is 1. The second-order valence-electron chi connectivity index (χ2n) is 6.43. The van der Waals surface area contributed by atoms with Crippen LogP contribution in [-0.4, -0.2) is 49.9 Å². The Kier molecular flexibility index (Phi) is 7.24. The number of rotatable bonds is 9. The van der Waals surface area contributed by atoms with Crippen molar-refractivity contribution in [2.45, 2.75) is 43.8 Å². The zero-order valence-corrected chi connectivity index (χ0v) is 15.0. The lowest BCUT2D eigenvalue weighted by Crippen LogP contribution is -2.38. The Hall–Kier alpha value is -1.40. The fourth-order valence-electron chi connectivity index (χ4n) is 3.23. The third-order valence-corrected chi connectivity index (χ3v) is 6.94. The van der Waals surface area contributed by atoms with Gasteiger partial charge in [-0.05, 0) is 24.8 Å². The highest BCUT2D eigenvalue weighted by molar-refractivity contribution is 7.92. The average Bonchev–Trinajstić information content (AvgIpc) is 3.13. The standard InChI is InChI=1S/C18H28N2O3S/c19-12-14-20(13-10-16-6-2-1-3-7-16)18(21)11-15-24(22,23)17-8-4-5-9-17/h1-3,6-7,17H,4-5,8-15,19H2. The van der Waals surface area contributed by atoms with Crippen LogP contribution >= 0.6 is 0 Å². The van der Waals surface area contributed by atoms with Gasteiger partial charge in [-0.3, -0.25) is 4.79 Å². The van der Waals surface area contributed by atoms with Gasteiger partial charge in [-0.1, -0.05) is 43.2 Å². The van der Waals surface area contributed by atoms with Crippen LogP contribution in [0.2, 0.25) is 0 Å². The Morgan fingerprint density at radius 3 is 2.42 bits per heavy atom. The third kappa shape index (κ3) is 5.60. The summed E-state index contributed by atoms with van der Waals surface area (Å²) in [7, 11) is -3.15. The highest BCUT2D eigenvalue weighted by atomic mass is 32.2. The molecule has 0 saturated heterocycles. The van der Waals surface area contributed by atoms with Gasteiger partial charge >= 0.3 is 0 Å². The minimum Gasteiger partial charge on any atom is -0.341 e. The first-order chi connectivity index (χ1) is 11.5. The molecule has 1 saturated carbocycles. The predicted octanol–water partition coefficient (Wildman–Crippen LogP) is 1.76. The molecule has 0 radical (unpaired) electrons. The molecule has 2 N–H and O–H groups in total. The molecule has 1 amide bonds. The van der Waals surface area contributed by atoms with E-state index in [4.69, 9.17) is 5.73 Å². The van der Waals surface area contributed by atoms with Crippen LogP contribution in [0.1, 0.15) is 37.7 Å². The molecule has 5 nitrogen and oxygen atoms in total. The van der Waals surface area contributed by atoms with Gasteiger partial charge in [0.2, 0.25) is 5.91 Å². The van der Waals surface area contributed by atoms with Gasteiger partial charge in [-0.15, -0.1) is 0 Å². The van der Waals surface area contributed by atoms with Crippen molar-refractivity contribution in [3.8, 4) is 0 Å². The van der Waals surface area contributed by atoms with Crippen LogP contribution in [0.25, 0.3) is 0 Å². The van der Waals surface area contributed by atoms with Crippen molar-refractivity contribution in [1.82, 2.24) is 4.90 Å². The molecule has 2 rings (SSSR count). The zero-order chi connectivity index (χ0) is 17.4. The van der Waals surface area contributed by atoms with Gasteiger partial charge in [0.05, 0.1) is 11.0 Å². The normalized spacial score (nSPS) is 15.5. The van der Waals surface area contributed by atoms with Crippen LogP contribution in [0.3, 0.4) is 0 Å². The van der Waals surface area contributed by atoms with Gasteiger partial charge in [0.25, 0.3) is 0 Å². The molecule has 24 heavy (non-hydrogen) atoms. The van der Waals surface area contributed by atoms with E-state index in [0.717, 1.165) is 37.7 Å². The second-order valence-corrected chi connectivity index (χ2v) is 8.83. The number of carbonyl (C=O) groups excluding carboxylic acids is 1. The van der Waals surface area contributed by atoms with Crippen LogP contribution < -0.4 is 5.73 Å². The van der Waals surface area contributed by atoms with Crippen LogP contribution in [0.4, 0.5) is 0 Å². The molecule has 0 bridgehead atoms. The van der Waals surface area contributed by atoms with Crippen molar-refractivity contribution < 1.29 is 13.2 Å². The number of hydrogen-bond acceptors (Lipinski definition) is 4. The van der Waals surface area contributed by atoms with Crippen LogP contribution in [0.15, 0.2) is 30.3 Å². The summed E-state index contributed by atoms with van der Waals surface area (Å²) in [6, 6.07) is 9.95. The highest BCUT2D eigenvalue weighted by Gasteiger charge is 2.29. The maximum Gasteiger partial charge on any atom is 0.223 e. The third-order valence-electron chi connectivity index (χ3n) is 4.68. The van der Waals surface area contributed by atoms with Crippen LogP contribution in [0.5, 0.6) is 0 Å². The molecule has 1 aromatic rings. The number of hydrogen-bond donors (Lipinski definition) is 1. The van der Waals surface area contributed by atoms with Gasteiger partial charge in [0.15, 0.2) is 9.84 Å². The van der Waals surface area contributed by atoms with E-state index in [0.29, 0.717) is 19.6 Å². The largest absolute Gasteiger partial charge is 0.341 e. The first-order valence-corrected chi connectivity index (χ1v) is 10.5. The van der Waals surface area contributed by atoms with Crippen LogP contribution in [-0.2, 0) is 21.1 Å². The van der Waals surface area contributed by atoms with Crippen molar-refractivity contribution in [2.75, 3.05) is 25.4 Å². The van der Waals surface area contributed by atoms with E-state index in [-0.39, 0.29) is 23.3 Å². The summed E-state index contributed by atoms with van der Waals surface area (Å²) in [6.07, 6.45) is 4.27. The molecule has 1 aliphatic rings. The van der Waals surface area contributed by atoms with Gasteiger partial charge in [-0.2, -0.15) is 0 Å². The quantitative estimate of drug-likeness (QED) is 0.734. The monoisotopic (exact) mass is 352 g/mol. The van der Waals surface area contributed by atoms with Crippen molar-refractivity contribution in [2.24, 2.45) is 5.73 Å². The fraction of sp³-hybridized carbons (Fsp3) is 0.611. The molecule has 0 heterocycles. The highest BCUT2D eigenvalue weighted by Crippen LogP contribution is 2.25. The van der Waals surface area contributed by atoms with Crippen molar-refractivity contribution in [1.29, 1.82) is 0 Å². The summed E-state index contributed by atoms with van der Waals surface area (Å²) in [6.45, 7) is 1.43. The Morgan fingerprint density at radius 2 is 1.79 bits per heavy atom. The summed E-state index contributed by atoms with van der Waals surface area (Å²) >= 11 is 0. The second kappa shape index (κ2) is 9.18. The van der Waals surface area contributed by atoms with Gasteiger partial charge < -0.3 is 10.6 Å². The Morgan fingerprint density at radius 1 is 1.12 bits per heavy atom. The van der Waals surface area contributed by atoms with Crippen molar-refractivity contribution in [3.63, 3.8) is 0 Å². The maximum absolute atomic E-state index is 12.4. The molecular weight excluding hydrogens is 324 g/mol. The number of sulfone groups is 1. The minimum absolute atomic E-state index is 0.0388. The minimum atomic E-state index is -3.15. The summed E-state index contributed by atoms with van der Waals surface area (Å²) < 4.78 is 24.6. The number of amides is 1. The first-order valence-electron chi connectivity index (χ1n) is 8.76. The average molecular weight is 353 g/mol. The molecule has 0 spiro atoms. The summed E-state index contributed by atoms with van der Waals surface area (Å²) in [5.41, 5.74) is 6.76. The number of carbonyl (C=O) groups is 1. The van der Waals surface area contributed by atoms with Crippen molar-refractivity contribution in [3.05, 3.63) is 35.9 Å². The van der Waals surface area contributed by atoms with E-state index in [1.54, 1.807) is 4.90 Å². The van der Waals surface area contributed by atoms with E-state index in [1.165, 1.54) is 0 Å². The van der Waals surface area contributed by atoms with Crippen LogP contribution in [0, 0.1) is 0 Å². The van der Waals surface area contributed by atoms with E-state index in [9.17, 15) is 13.2 Å². The van der Waals surface area contributed by atoms with Crippen molar-refractivity contribution >= 4 is 15.7 Å². The molecular formula is C18H28N2O3S. The van der Waals surface area contributed by atoms with Gasteiger partial charge in [-0.25, -0.2) is 8.42 Å².